The second-order valence-corrected chi connectivity index (χ2v) is 9.93. The molecule has 1 aromatic heterocycles. The molecule has 182 valence electrons. The summed E-state index contributed by atoms with van der Waals surface area (Å²) in [5.74, 6) is 0.387. The van der Waals surface area contributed by atoms with E-state index in [1.807, 2.05) is 37.4 Å². The lowest BCUT2D eigenvalue weighted by atomic mass is 9.51. The van der Waals surface area contributed by atoms with Gasteiger partial charge in [0.25, 0.3) is 0 Å². The Bertz CT molecular complexity index is 1350. The minimum absolute atomic E-state index is 0.121. The highest BCUT2D eigenvalue weighted by Crippen LogP contribution is 2.59. The van der Waals surface area contributed by atoms with E-state index in [1.54, 1.807) is 0 Å². The summed E-state index contributed by atoms with van der Waals surface area (Å²) in [4.78, 5) is 12.2. The molecule has 2 aliphatic rings. The SMILES string of the molecule is C=CC1=NC2C(CC2(CN(C)c2cnc(C)cc2Nc2ccccc2)C(=C)/C=C\C)c2ccccc21. The Kier molecular flexibility index (Phi) is 6.36. The maximum atomic E-state index is 5.26. The fourth-order valence-corrected chi connectivity index (χ4v) is 5.87. The average Bonchev–Trinajstić information content (AvgIpc) is 2.87. The number of benzene rings is 2. The molecule has 3 atom stereocenters. The predicted octanol–water partition coefficient (Wildman–Crippen LogP) is 7.23. The smallest absolute Gasteiger partial charge is 0.0789 e. The molecule has 4 heteroatoms. The number of nitrogens with one attached hydrogen (secondary N) is 1. The number of fused-ring (bicyclic) bond motifs is 3. The summed E-state index contributed by atoms with van der Waals surface area (Å²) >= 11 is 0. The standard InChI is InChI=1S/C32H34N4/c1-6-13-22(3)32(19-27-25-16-11-12-17-26(25)28(7-2)35-31(27)32)21-36(5)30-20-33-23(4)18-29(30)34-24-14-9-8-10-15-24/h6-18,20,27,31H,2-3,19,21H2,1,4-5H3,(H,33,34)/b13-6-. The molecule has 1 saturated carbocycles. The van der Waals surface area contributed by atoms with Crippen molar-refractivity contribution in [3.05, 3.63) is 121 Å². The summed E-state index contributed by atoms with van der Waals surface area (Å²) in [6, 6.07) is 21.1. The highest BCUT2D eigenvalue weighted by Gasteiger charge is 2.57. The first-order valence-corrected chi connectivity index (χ1v) is 12.6. The van der Waals surface area contributed by atoms with Gasteiger partial charge in [-0.25, -0.2) is 0 Å². The molecule has 1 fully saturated rings. The van der Waals surface area contributed by atoms with Gasteiger partial charge in [0, 0.05) is 41.9 Å². The second-order valence-electron chi connectivity index (χ2n) is 9.93. The van der Waals surface area contributed by atoms with Crippen molar-refractivity contribution in [2.24, 2.45) is 10.4 Å². The van der Waals surface area contributed by atoms with Crippen LogP contribution in [0.25, 0.3) is 0 Å². The number of rotatable bonds is 8. The van der Waals surface area contributed by atoms with E-state index in [4.69, 9.17) is 4.99 Å². The van der Waals surface area contributed by atoms with Crippen LogP contribution in [0.1, 0.15) is 36.1 Å². The predicted molar refractivity (Wildman–Crippen MR) is 153 cm³/mol. The van der Waals surface area contributed by atoms with Gasteiger partial charge in [0.15, 0.2) is 0 Å². The number of hydrogen-bond donors (Lipinski definition) is 1. The van der Waals surface area contributed by atoms with Crippen molar-refractivity contribution in [3.8, 4) is 0 Å². The Labute approximate surface area is 214 Å². The largest absolute Gasteiger partial charge is 0.371 e. The summed E-state index contributed by atoms with van der Waals surface area (Å²) in [6.45, 7) is 13.5. The van der Waals surface area contributed by atoms with E-state index in [2.05, 4.69) is 96.9 Å². The molecule has 0 radical (unpaired) electrons. The first-order chi connectivity index (χ1) is 17.5. The lowest BCUT2D eigenvalue weighted by molar-refractivity contribution is 0.116. The number of anilines is 3. The average molecular weight is 475 g/mol. The number of aromatic nitrogens is 1. The van der Waals surface area contributed by atoms with Gasteiger partial charge in [-0.15, -0.1) is 0 Å². The summed E-state index contributed by atoms with van der Waals surface area (Å²) in [6.07, 6.45) is 9.12. The van der Waals surface area contributed by atoms with Crippen LogP contribution >= 0.6 is 0 Å². The topological polar surface area (TPSA) is 40.5 Å². The van der Waals surface area contributed by atoms with Crippen molar-refractivity contribution >= 4 is 22.8 Å². The first-order valence-electron chi connectivity index (χ1n) is 12.6. The highest BCUT2D eigenvalue weighted by molar-refractivity contribution is 6.10. The Morgan fingerprint density at radius 1 is 1.17 bits per heavy atom. The first kappa shape index (κ1) is 23.8. The minimum Gasteiger partial charge on any atom is -0.371 e. The Morgan fingerprint density at radius 2 is 1.92 bits per heavy atom. The third-order valence-corrected chi connectivity index (χ3v) is 7.65. The van der Waals surface area contributed by atoms with Gasteiger partial charge in [-0.1, -0.05) is 67.8 Å². The van der Waals surface area contributed by atoms with Gasteiger partial charge in [0.05, 0.1) is 29.3 Å². The van der Waals surface area contributed by atoms with Crippen LogP contribution in [0.15, 0.2) is 109 Å². The van der Waals surface area contributed by atoms with Gasteiger partial charge in [-0.2, -0.15) is 0 Å². The van der Waals surface area contributed by atoms with Gasteiger partial charge in [-0.05, 0) is 55.7 Å². The molecular formula is C32H34N4. The number of para-hydroxylation sites is 1. The van der Waals surface area contributed by atoms with Gasteiger partial charge >= 0.3 is 0 Å². The maximum absolute atomic E-state index is 5.26. The molecule has 1 aliphatic carbocycles. The number of aliphatic imine (C=N–C) groups is 1. The fourth-order valence-electron chi connectivity index (χ4n) is 5.87. The van der Waals surface area contributed by atoms with E-state index in [0.717, 1.165) is 47.0 Å². The van der Waals surface area contributed by atoms with Crippen LogP contribution in [0.3, 0.4) is 0 Å². The van der Waals surface area contributed by atoms with Gasteiger partial charge in [0.1, 0.15) is 0 Å². The van der Waals surface area contributed by atoms with Crippen molar-refractivity contribution < 1.29 is 0 Å². The molecule has 0 amide bonds. The zero-order valence-corrected chi connectivity index (χ0v) is 21.4. The van der Waals surface area contributed by atoms with Crippen molar-refractivity contribution in [2.75, 3.05) is 23.8 Å². The quantitative estimate of drug-likeness (QED) is 0.350. The van der Waals surface area contributed by atoms with E-state index in [1.165, 1.54) is 11.1 Å². The maximum Gasteiger partial charge on any atom is 0.0789 e. The zero-order chi connectivity index (χ0) is 25.3. The second kappa shape index (κ2) is 9.62. The van der Waals surface area contributed by atoms with E-state index >= 15 is 0 Å². The number of nitrogens with zero attached hydrogens (tertiary/aromatic N) is 3. The summed E-state index contributed by atoms with van der Waals surface area (Å²) in [5.41, 5.74) is 8.66. The minimum atomic E-state index is -0.178. The fraction of sp³-hybridized carbons (Fsp3) is 0.250. The molecule has 0 spiro atoms. The van der Waals surface area contributed by atoms with E-state index < -0.39 is 0 Å². The summed E-state index contributed by atoms with van der Waals surface area (Å²) in [5, 5.41) is 3.60. The van der Waals surface area contributed by atoms with Crippen LogP contribution in [-0.4, -0.2) is 30.3 Å². The molecule has 4 nitrogen and oxygen atoms in total. The Balaban J connectivity index is 1.51. The molecule has 3 aromatic rings. The molecule has 1 N–H and O–H groups in total. The van der Waals surface area contributed by atoms with Crippen LogP contribution in [0.4, 0.5) is 17.1 Å². The van der Waals surface area contributed by atoms with Crippen LogP contribution < -0.4 is 10.2 Å². The monoisotopic (exact) mass is 474 g/mol. The summed E-state index contributed by atoms with van der Waals surface area (Å²) in [7, 11) is 2.15. The molecule has 0 bridgehead atoms. The molecule has 2 heterocycles. The van der Waals surface area contributed by atoms with E-state index in [0.29, 0.717) is 5.92 Å². The van der Waals surface area contributed by atoms with Crippen LogP contribution in [-0.2, 0) is 0 Å². The number of pyridine rings is 1. The van der Waals surface area contributed by atoms with Crippen molar-refractivity contribution in [2.45, 2.75) is 32.2 Å². The highest BCUT2D eigenvalue weighted by atomic mass is 15.2. The normalized spacial score (nSPS) is 22.1. The van der Waals surface area contributed by atoms with Crippen LogP contribution in [0.5, 0.6) is 0 Å². The molecule has 3 unspecified atom stereocenters. The number of aryl methyl sites for hydroxylation is 1. The Hall–Kier alpha value is -3.92. The number of hydrogen-bond acceptors (Lipinski definition) is 4. The van der Waals surface area contributed by atoms with Gasteiger partial charge < -0.3 is 10.2 Å². The lowest BCUT2D eigenvalue weighted by Crippen LogP contribution is -2.58. The molecule has 36 heavy (non-hydrogen) atoms. The van der Waals surface area contributed by atoms with Gasteiger partial charge in [0.2, 0.25) is 0 Å². The lowest BCUT2D eigenvalue weighted by Gasteiger charge is -2.57. The van der Waals surface area contributed by atoms with Crippen molar-refractivity contribution in [1.29, 1.82) is 0 Å². The van der Waals surface area contributed by atoms with E-state index in [-0.39, 0.29) is 11.5 Å². The Morgan fingerprint density at radius 3 is 2.67 bits per heavy atom. The zero-order valence-electron chi connectivity index (χ0n) is 21.4. The molecule has 0 saturated heterocycles. The third kappa shape index (κ3) is 4.07. The number of allylic oxidation sites excluding steroid dienone is 3. The third-order valence-electron chi connectivity index (χ3n) is 7.65. The van der Waals surface area contributed by atoms with E-state index in [9.17, 15) is 0 Å². The summed E-state index contributed by atoms with van der Waals surface area (Å²) < 4.78 is 0. The molecule has 5 rings (SSSR count). The molecule has 1 aliphatic heterocycles. The van der Waals surface area contributed by atoms with Crippen LogP contribution in [0.2, 0.25) is 0 Å². The van der Waals surface area contributed by atoms with Crippen LogP contribution in [0, 0.1) is 12.3 Å². The van der Waals surface area contributed by atoms with Crippen molar-refractivity contribution in [1.82, 2.24) is 4.98 Å². The van der Waals surface area contributed by atoms with Gasteiger partial charge in [-0.3, -0.25) is 9.98 Å². The van der Waals surface area contributed by atoms with Crippen molar-refractivity contribution in [3.63, 3.8) is 0 Å². The molecular weight excluding hydrogens is 440 g/mol. The molecule has 2 aromatic carbocycles.